The van der Waals surface area contributed by atoms with Crippen LogP contribution >= 0.6 is 0 Å². The Labute approximate surface area is 177 Å². The number of aromatic amines is 1. The molecule has 2 aromatic carbocycles. The molecule has 0 aliphatic heterocycles. The van der Waals surface area contributed by atoms with Gasteiger partial charge >= 0.3 is 0 Å². The van der Waals surface area contributed by atoms with Crippen LogP contribution in [0.4, 0.5) is 14.6 Å². The van der Waals surface area contributed by atoms with Gasteiger partial charge in [-0.05, 0) is 24.3 Å². The summed E-state index contributed by atoms with van der Waals surface area (Å²) in [5.74, 6) is 7.59. The molecule has 0 saturated heterocycles. The first-order valence-electron chi connectivity index (χ1n) is 8.61. The third-order valence-corrected chi connectivity index (χ3v) is 3.78. The summed E-state index contributed by atoms with van der Waals surface area (Å²) in [5, 5.41) is 14.6. The fourth-order valence-corrected chi connectivity index (χ4v) is 2.33. The zero-order chi connectivity index (χ0) is 23.4. The van der Waals surface area contributed by atoms with Crippen LogP contribution in [-0.2, 0) is 0 Å². The molecule has 0 aliphatic rings. The van der Waals surface area contributed by atoms with Crippen LogP contribution < -0.4 is 26.9 Å². The van der Waals surface area contributed by atoms with Crippen molar-refractivity contribution >= 4 is 11.6 Å². The number of nitrogens with one attached hydrogen (secondary N) is 1. The SMILES string of the molecule is COc1ccc(-c2cc(N)n[nH]2)c(F)c1.COc1ccc(C(=O)CC#N)c(F)c1.NN. The molecule has 0 spiro atoms. The number of rotatable bonds is 5. The number of ether oxygens (including phenoxy) is 2. The second-order valence-electron chi connectivity index (χ2n) is 5.66. The number of hydrogen-bond donors (Lipinski definition) is 4. The number of H-pyrrole nitrogens is 1. The lowest BCUT2D eigenvalue weighted by Gasteiger charge is -2.02. The zero-order valence-corrected chi connectivity index (χ0v) is 16.9. The second kappa shape index (κ2) is 12.5. The second-order valence-corrected chi connectivity index (χ2v) is 5.66. The normalized spacial score (nSPS) is 9.32. The summed E-state index contributed by atoms with van der Waals surface area (Å²) in [5.41, 5.74) is 6.32. The molecule has 31 heavy (non-hydrogen) atoms. The van der Waals surface area contributed by atoms with Crippen molar-refractivity contribution < 1.29 is 23.0 Å². The molecule has 0 amide bonds. The fraction of sp³-hybridized carbons (Fsp3) is 0.150. The molecule has 1 aromatic heterocycles. The Bertz CT molecular complexity index is 1050. The number of nitriles is 1. The Morgan fingerprint density at radius 1 is 1.06 bits per heavy atom. The number of carbonyl (C=O) groups is 1. The highest BCUT2D eigenvalue weighted by atomic mass is 19.1. The van der Waals surface area contributed by atoms with E-state index in [9.17, 15) is 13.6 Å². The number of benzene rings is 2. The molecule has 0 atom stereocenters. The van der Waals surface area contributed by atoms with Gasteiger partial charge in [-0.1, -0.05) is 0 Å². The van der Waals surface area contributed by atoms with Gasteiger partial charge in [0, 0.05) is 23.8 Å². The van der Waals surface area contributed by atoms with E-state index in [4.69, 9.17) is 20.5 Å². The molecule has 3 aromatic rings. The quantitative estimate of drug-likeness (QED) is 0.271. The van der Waals surface area contributed by atoms with Crippen LogP contribution in [0, 0.1) is 23.0 Å². The Morgan fingerprint density at radius 3 is 2.10 bits per heavy atom. The molecule has 0 radical (unpaired) electrons. The Hall–Kier alpha value is -4.01. The predicted molar refractivity (Wildman–Crippen MR) is 111 cm³/mol. The molecule has 164 valence electrons. The first-order valence-corrected chi connectivity index (χ1v) is 8.61. The first-order chi connectivity index (χ1) is 14.9. The van der Waals surface area contributed by atoms with Crippen molar-refractivity contribution in [3.05, 3.63) is 59.7 Å². The third kappa shape index (κ3) is 7.07. The number of Topliss-reactive ketones (excluding diaryl/α,β-unsaturated/α-hetero) is 1. The lowest BCUT2D eigenvalue weighted by molar-refractivity contribution is 0.0994. The van der Waals surface area contributed by atoms with Crippen LogP contribution in [0.5, 0.6) is 11.5 Å². The highest BCUT2D eigenvalue weighted by Gasteiger charge is 2.11. The number of carbonyl (C=O) groups excluding carboxylic acids is 1. The van der Waals surface area contributed by atoms with Crippen LogP contribution in [-0.4, -0.2) is 30.2 Å². The minimum Gasteiger partial charge on any atom is -0.497 e. The highest BCUT2D eigenvalue weighted by molar-refractivity contribution is 5.97. The number of aromatic nitrogens is 2. The van der Waals surface area contributed by atoms with Crippen molar-refractivity contribution in [1.29, 1.82) is 5.26 Å². The van der Waals surface area contributed by atoms with Gasteiger partial charge in [0.2, 0.25) is 0 Å². The predicted octanol–water partition coefficient (Wildman–Crippen LogP) is 2.56. The van der Waals surface area contributed by atoms with E-state index in [-0.39, 0.29) is 17.8 Å². The van der Waals surface area contributed by atoms with E-state index < -0.39 is 11.6 Å². The van der Waals surface area contributed by atoms with Gasteiger partial charge in [0.05, 0.1) is 38.0 Å². The van der Waals surface area contributed by atoms with Crippen LogP contribution in [0.1, 0.15) is 16.8 Å². The van der Waals surface area contributed by atoms with Gasteiger partial charge in [-0.25, -0.2) is 8.78 Å². The van der Waals surface area contributed by atoms with Crippen molar-refractivity contribution in [3.63, 3.8) is 0 Å². The van der Waals surface area contributed by atoms with Crippen molar-refractivity contribution in [1.82, 2.24) is 10.2 Å². The molecular formula is C20H22F2N6O3. The summed E-state index contributed by atoms with van der Waals surface area (Å²) in [7, 11) is 2.90. The number of anilines is 1. The van der Waals surface area contributed by atoms with Crippen molar-refractivity contribution in [2.45, 2.75) is 6.42 Å². The summed E-state index contributed by atoms with van der Waals surface area (Å²) < 4.78 is 36.4. The summed E-state index contributed by atoms with van der Waals surface area (Å²) in [6.07, 6.45) is -0.316. The summed E-state index contributed by atoms with van der Waals surface area (Å²) >= 11 is 0. The minimum absolute atomic E-state index is 0.0765. The number of nitrogens with two attached hydrogens (primary N) is 3. The van der Waals surface area contributed by atoms with Gasteiger partial charge in [-0.2, -0.15) is 10.4 Å². The van der Waals surface area contributed by atoms with E-state index in [1.807, 2.05) is 0 Å². The molecule has 7 N–H and O–H groups in total. The van der Waals surface area contributed by atoms with Gasteiger partial charge in [-0.3, -0.25) is 21.6 Å². The van der Waals surface area contributed by atoms with E-state index in [1.165, 1.54) is 32.4 Å². The molecule has 0 aliphatic carbocycles. The molecule has 1 heterocycles. The van der Waals surface area contributed by atoms with Gasteiger partial charge in [0.25, 0.3) is 0 Å². The maximum atomic E-state index is 13.6. The average Bonchev–Trinajstić information content (AvgIpc) is 3.21. The minimum atomic E-state index is -0.662. The third-order valence-electron chi connectivity index (χ3n) is 3.78. The van der Waals surface area contributed by atoms with Crippen LogP contribution in [0.15, 0.2) is 42.5 Å². The molecule has 0 saturated carbocycles. The topological polar surface area (TPSA) is 166 Å². The zero-order valence-electron chi connectivity index (χ0n) is 16.9. The van der Waals surface area contributed by atoms with Gasteiger partial charge in [-0.15, -0.1) is 0 Å². The maximum absolute atomic E-state index is 13.6. The van der Waals surface area contributed by atoms with E-state index in [0.717, 1.165) is 6.07 Å². The van der Waals surface area contributed by atoms with Crippen molar-refractivity contribution in [3.8, 4) is 28.8 Å². The summed E-state index contributed by atoms with van der Waals surface area (Å²) in [6, 6.07) is 11.8. The van der Waals surface area contributed by atoms with Crippen LogP contribution in [0.2, 0.25) is 0 Å². The molecule has 0 bridgehead atoms. The number of nitrogens with zero attached hydrogens (tertiary/aromatic N) is 2. The molecular weight excluding hydrogens is 410 g/mol. The lowest BCUT2D eigenvalue weighted by Crippen LogP contribution is -2.02. The van der Waals surface area contributed by atoms with Crippen LogP contribution in [0.25, 0.3) is 11.3 Å². The monoisotopic (exact) mass is 432 g/mol. The number of methoxy groups -OCH3 is 2. The largest absolute Gasteiger partial charge is 0.497 e. The summed E-state index contributed by atoms with van der Waals surface area (Å²) in [6.45, 7) is 0. The maximum Gasteiger partial charge on any atom is 0.179 e. The molecule has 0 fully saturated rings. The van der Waals surface area contributed by atoms with Gasteiger partial charge in [0.15, 0.2) is 5.78 Å². The Kier molecular flexibility index (Phi) is 10.1. The number of hydrogen-bond acceptors (Lipinski definition) is 8. The Morgan fingerprint density at radius 2 is 1.65 bits per heavy atom. The number of hydrazine groups is 1. The molecule has 11 heteroatoms. The van der Waals surface area contributed by atoms with Gasteiger partial charge < -0.3 is 15.2 Å². The number of ketones is 1. The van der Waals surface area contributed by atoms with Crippen LogP contribution in [0.3, 0.4) is 0 Å². The number of nitrogen functional groups attached to an aromatic ring is 1. The van der Waals surface area contributed by atoms with E-state index in [0.29, 0.717) is 28.6 Å². The highest BCUT2D eigenvalue weighted by Crippen LogP contribution is 2.25. The van der Waals surface area contributed by atoms with E-state index >= 15 is 0 Å². The average molecular weight is 432 g/mol. The Balaban J connectivity index is 0.000000288. The van der Waals surface area contributed by atoms with E-state index in [1.54, 1.807) is 24.3 Å². The molecule has 3 rings (SSSR count). The smallest absolute Gasteiger partial charge is 0.179 e. The molecule has 0 unspecified atom stereocenters. The lowest BCUT2D eigenvalue weighted by atomic mass is 10.1. The first kappa shape index (κ1) is 25.0. The fourth-order valence-electron chi connectivity index (χ4n) is 2.33. The standard InChI is InChI=1S/C10H10FN3O.C10H8FNO2.H4N2/c1-15-6-2-3-7(8(11)4-6)9-5-10(12)14-13-9;1-14-7-2-3-8(9(11)6-7)10(13)4-5-12;1-2/h2-5H,1H3,(H3,12,13,14);2-3,6H,4H2,1H3;1-2H2. The van der Waals surface area contributed by atoms with Crippen molar-refractivity contribution in [2.75, 3.05) is 20.0 Å². The van der Waals surface area contributed by atoms with Crippen molar-refractivity contribution in [2.24, 2.45) is 11.7 Å². The summed E-state index contributed by atoms with van der Waals surface area (Å²) in [4.78, 5) is 11.2. The van der Waals surface area contributed by atoms with Gasteiger partial charge in [0.1, 0.15) is 29.0 Å². The van der Waals surface area contributed by atoms with E-state index in [2.05, 4.69) is 21.9 Å². The number of halogens is 2. The molecule has 9 nitrogen and oxygen atoms in total.